The predicted octanol–water partition coefficient (Wildman–Crippen LogP) is 2.72. The van der Waals surface area contributed by atoms with Crippen LogP contribution in [0.1, 0.15) is 37.8 Å². The van der Waals surface area contributed by atoms with Crippen LogP contribution in [0, 0.1) is 5.92 Å². The molecular weight excluding hydrogens is 238 g/mol. The Balaban J connectivity index is 1.79. The van der Waals surface area contributed by atoms with Crippen molar-refractivity contribution in [2.24, 2.45) is 5.92 Å². The summed E-state index contributed by atoms with van der Waals surface area (Å²) in [5.41, 5.74) is 2.89. The number of fused-ring (bicyclic) bond motifs is 1. The van der Waals surface area contributed by atoms with Gasteiger partial charge in [0.05, 0.1) is 6.54 Å². The molecule has 0 atom stereocenters. The lowest BCUT2D eigenvalue weighted by atomic mass is 9.92. The zero-order chi connectivity index (χ0) is 13.7. The first-order valence-corrected chi connectivity index (χ1v) is 7.19. The van der Waals surface area contributed by atoms with Gasteiger partial charge >= 0.3 is 0 Å². The molecule has 3 nitrogen and oxygen atoms in total. The second-order valence-electron chi connectivity index (χ2n) is 5.43. The molecule has 0 heterocycles. The van der Waals surface area contributed by atoms with E-state index in [-0.39, 0.29) is 11.8 Å². The molecule has 3 heteroatoms. The molecule has 0 fully saturated rings. The molecule has 104 valence electrons. The van der Waals surface area contributed by atoms with Crippen molar-refractivity contribution in [2.75, 3.05) is 13.2 Å². The summed E-state index contributed by atoms with van der Waals surface area (Å²) >= 11 is 0. The van der Waals surface area contributed by atoms with Crippen molar-refractivity contribution in [3.8, 4) is 5.75 Å². The van der Waals surface area contributed by atoms with Crippen molar-refractivity contribution >= 4 is 5.91 Å². The van der Waals surface area contributed by atoms with E-state index in [1.165, 1.54) is 30.4 Å². The fourth-order valence-electron chi connectivity index (χ4n) is 2.35. The number of benzene rings is 1. The Labute approximate surface area is 115 Å². The summed E-state index contributed by atoms with van der Waals surface area (Å²) in [5.74, 6) is 1.03. The fourth-order valence-corrected chi connectivity index (χ4v) is 2.35. The Morgan fingerprint density at radius 3 is 2.74 bits per heavy atom. The molecule has 19 heavy (non-hydrogen) atoms. The normalized spacial score (nSPS) is 14.1. The van der Waals surface area contributed by atoms with Gasteiger partial charge in [0, 0.05) is 5.92 Å². The maximum absolute atomic E-state index is 11.4. The van der Waals surface area contributed by atoms with Crippen LogP contribution in [0.5, 0.6) is 5.75 Å². The number of carbonyl (C=O) groups is 1. The van der Waals surface area contributed by atoms with E-state index in [2.05, 4.69) is 17.4 Å². The molecule has 0 radical (unpaired) electrons. The summed E-state index contributed by atoms with van der Waals surface area (Å²) in [6.07, 6.45) is 4.94. The maximum atomic E-state index is 11.4. The van der Waals surface area contributed by atoms with Gasteiger partial charge in [-0.2, -0.15) is 0 Å². The maximum Gasteiger partial charge on any atom is 0.222 e. The van der Waals surface area contributed by atoms with Crippen molar-refractivity contribution in [1.82, 2.24) is 5.32 Å². The summed E-state index contributed by atoms with van der Waals surface area (Å²) in [7, 11) is 0. The Morgan fingerprint density at radius 2 is 2.00 bits per heavy atom. The van der Waals surface area contributed by atoms with Crippen molar-refractivity contribution < 1.29 is 9.53 Å². The summed E-state index contributed by atoms with van der Waals surface area (Å²) in [6.45, 7) is 4.87. The van der Waals surface area contributed by atoms with Crippen LogP contribution < -0.4 is 10.1 Å². The highest BCUT2D eigenvalue weighted by atomic mass is 16.5. The van der Waals surface area contributed by atoms with E-state index in [1.54, 1.807) is 0 Å². The van der Waals surface area contributed by atoms with Gasteiger partial charge < -0.3 is 10.1 Å². The minimum absolute atomic E-state index is 0.0312. The van der Waals surface area contributed by atoms with Gasteiger partial charge in [-0.25, -0.2) is 0 Å². The Bertz CT molecular complexity index is 440. The first kappa shape index (κ1) is 13.9. The molecule has 0 saturated carbocycles. The Kier molecular flexibility index (Phi) is 4.83. The number of rotatable bonds is 5. The highest BCUT2D eigenvalue weighted by Crippen LogP contribution is 2.25. The molecule has 0 spiro atoms. The third-order valence-corrected chi connectivity index (χ3v) is 3.51. The smallest absolute Gasteiger partial charge is 0.222 e. The van der Waals surface area contributed by atoms with Crippen LogP contribution in [0.25, 0.3) is 0 Å². The number of hydrogen-bond acceptors (Lipinski definition) is 2. The lowest BCUT2D eigenvalue weighted by Crippen LogP contribution is -2.31. The second kappa shape index (κ2) is 6.60. The molecule has 1 aromatic rings. The van der Waals surface area contributed by atoms with E-state index < -0.39 is 0 Å². The van der Waals surface area contributed by atoms with E-state index in [1.807, 2.05) is 19.9 Å². The van der Waals surface area contributed by atoms with Crippen molar-refractivity contribution in [3.63, 3.8) is 0 Å². The lowest BCUT2D eigenvalue weighted by Gasteiger charge is -2.17. The van der Waals surface area contributed by atoms with Gasteiger partial charge in [-0.05, 0) is 48.9 Å². The lowest BCUT2D eigenvalue weighted by molar-refractivity contribution is -0.124. The molecule has 1 N–H and O–H groups in total. The van der Waals surface area contributed by atoms with Crippen LogP contribution in [0.15, 0.2) is 18.2 Å². The zero-order valence-corrected chi connectivity index (χ0v) is 11.9. The molecule has 1 aromatic carbocycles. The largest absolute Gasteiger partial charge is 0.492 e. The summed E-state index contributed by atoms with van der Waals surface area (Å²) in [6, 6.07) is 6.36. The zero-order valence-electron chi connectivity index (χ0n) is 11.9. The topological polar surface area (TPSA) is 38.3 Å². The van der Waals surface area contributed by atoms with Gasteiger partial charge in [-0.15, -0.1) is 0 Å². The third kappa shape index (κ3) is 3.98. The molecule has 1 aliphatic carbocycles. The molecule has 2 rings (SSSR count). The molecule has 0 aromatic heterocycles. The minimum Gasteiger partial charge on any atom is -0.492 e. The average Bonchev–Trinajstić information content (AvgIpc) is 2.43. The van der Waals surface area contributed by atoms with E-state index >= 15 is 0 Å². The highest BCUT2D eigenvalue weighted by molar-refractivity contribution is 5.77. The molecular formula is C16H23NO2. The van der Waals surface area contributed by atoms with Crippen LogP contribution in [0.3, 0.4) is 0 Å². The summed E-state index contributed by atoms with van der Waals surface area (Å²) < 4.78 is 5.69. The van der Waals surface area contributed by atoms with Crippen LogP contribution in [0.4, 0.5) is 0 Å². The van der Waals surface area contributed by atoms with Gasteiger partial charge in [-0.1, -0.05) is 19.9 Å². The first-order chi connectivity index (χ1) is 9.16. The number of carbonyl (C=O) groups excluding carboxylic acids is 1. The molecule has 0 unspecified atom stereocenters. The molecule has 1 amide bonds. The monoisotopic (exact) mass is 261 g/mol. The van der Waals surface area contributed by atoms with Crippen LogP contribution in [-0.2, 0) is 17.6 Å². The molecule has 0 aliphatic heterocycles. The fraction of sp³-hybridized carbons (Fsp3) is 0.562. The van der Waals surface area contributed by atoms with Crippen LogP contribution in [0.2, 0.25) is 0 Å². The second-order valence-corrected chi connectivity index (χ2v) is 5.43. The Hall–Kier alpha value is -1.51. The SMILES string of the molecule is CC(C)C(=O)NCCOc1ccc2c(c1)CCCC2. The predicted molar refractivity (Wildman–Crippen MR) is 76.4 cm³/mol. The van der Waals surface area contributed by atoms with Gasteiger partial charge in [0.2, 0.25) is 5.91 Å². The minimum atomic E-state index is 0.0312. The highest BCUT2D eigenvalue weighted by Gasteiger charge is 2.10. The van der Waals surface area contributed by atoms with Crippen LogP contribution in [-0.4, -0.2) is 19.1 Å². The number of hydrogen-bond donors (Lipinski definition) is 1. The number of ether oxygens (including phenoxy) is 1. The van der Waals surface area contributed by atoms with Gasteiger partial charge in [0.1, 0.15) is 12.4 Å². The van der Waals surface area contributed by atoms with E-state index in [0.717, 1.165) is 12.2 Å². The van der Waals surface area contributed by atoms with Gasteiger partial charge in [0.25, 0.3) is 0 Å². The standard InChI is InChI=1S/C16H23NO2/c1-12(2)16(18)17-9-10-19-15-8-7-13-5-3-4-6-14(13)11-15/h7-8,11-12H,3-6,9-10H2,1-2H3,(H,17,18). The van der Waals surface area contributed by atoms with Crippen LogP contribution >= 0.6 is 0 Å². The third-order valence-electron chi connectivity index (χ3n) is 3.51. The number of aryl methyl sites for hydroxylation is 2. The number of nitrogens with one attached hydrogen (secondary N) is 1. The average molecular weight is 261 g/mol. The van der Waals surface area contributed by atoms with Crippen molar-refractivity contribution in [3.05, 3.63) is 29.3 Å². The van der Waals surface area contributed by atoms with Crippen molar-refractivity contribution in [1.29, 1.82) is 0 Å². The van der Waals surface area contributed by atoms with Crippen molar-refractivity contribution in [2.45, 2.75) is 39.5 Å². The summed E-state index contributed by atoms with van der Waals surface area (Å²) in [5, 5.41) is 2.85. The van der Waals surface area contributed by atoms with E-state index in [4.69, 9.17) is 4.74 Å². The Morgan fingerprint density at radius 1 is 1.26 bits per heavy atom. The van der Waals surface area contributed by atoms with E-state index in [9.17, 15) is 4.79 Å². The first-order valence-electron chi connectivity index (χ1n) is 7.19. The van der Waals surface area contributed by atoms with E-state index in [0.29, 0.717) is 13.2 Å². The summed E-state index contributed by atoms with van der Waals surface area (Å²) in [4.78, 5) is 11.4. The molecule has 0 bridgehead atoms. The van der Waals surface area contributed by atoms with Gasteiger partial charge in [0.15, 0.2) is 0 Å². The molecule has 1 aliphatic rings. The molecule has 0 saturated heterocycles. The van der Waals surface area contributed by atoms with Gasteiger partial charge in [-0.3, -0.25) is 4.79 Å². The number of amides is 1. The quantitative estimate of drug-likeness (QED) is 0.828.